The van der Waals surface area contributed by atoms with Crippen LogP contribution in [0.15, 0.2) is 41.0 Å². The highest BCUT2D eigenvalue weighted by molar-refractivity contribution is 6.29. The summed E-state index contributed by atoms with van der Waals surface area (Å²) >= 11 is 0. The molecule has 0 saturated carbocycles. The third kappa shape index (κ3) is 3.72. The van der Waals surface area contributed by atoms with Gasteiger partial charge >= 0.3 is 12.1 Å². The fraction of sp³-hybridized carbons (Fsp3) is 0.348. The van der Waals surface area contributed by atoms with Gasteiger partial charge < -0.3 is 9.30 Å². The van der Waals surface area contributed by atoms with Crippen molar-refractivity contribution < 1.29 is 32.3 Å². The van der Waals surface area contributed by atoms with Gasteiger partial charge in [0.05, 0.1) is 23.3 Å². The molecule has 0 atom stereocenters. The number of alkyl halides is 3. The first-order chi connectivity index (χ1) is 14.9. The van der Waals surface area contributed by atoms with Gasteiger partial charge in [0.2, 0.25) is 0 Å². The monoisotopic (exact) mass is 448 g/mol. The van der Waals surface area contributed by atoms with Crippen molar-refractivity contribution in [3.8, 4) is 0 Å². The average Bonchev–Trinajstić information content (AvgIpc) is 3.08. The Morgan fingerprint density at radius 2 is 1.66 bits per heavy atom. The molecule has 0 radical (unpaired) electrons. The number of para-hydroxylation sites is 1. The van der Waals surface area contributed by atoms with Crippen LogP contribution in [0.2, 0.25) is 0 Å². The SMILES string of the molecule is CCOC(=O)CN1C(=O)C(=C(C)C)/C(=C(/c2c(C)n(C)c3ccccc23)C(F)(F)F)C1=O. The van der Waals surface area contributed by atoms with Gasteiger partial charge in [-0.2, -0.15) is 13.2 Å². The number of hydrogen-bond acceptors (Lipinski definition) is 4. The lowest BCUT2D eigenvalue weighted by atomic mass is 9.91. The highest BCUT2D eigenvalue weighted by atomic mass is 19.4. The maximum atomic E-state index is 14.6. The van der Waals surface area contributed by atoms with Crippen molar-refractivity contribution in [2.24, 2.45) is 7.05 Å². The summed E-state index contributed by atoms with van der Waals surface area (Å²) in [4.78, 5) is 38.6. The predicted octanol–water partition coefficient (Wildman–Crippen LogP) is 4.07. The molecular weight excluding hydrogens is 425 g/mol. The Hall–Kier alpha value is -3.36. The number of likely N-dealkylation sites (tertiary alicyclic amines) is 1. The van der Waals surface area contributed by atoms with Crippen LogP contribution in [0.4, 0.5) is 13.2 Å². The average molecular weight is 448 g/mol. The van der Waals surface area contributed by atoms with Crippen LogP contribution in [0.3, 0.4) is 0 Å². The molecule has 1 fully saturated rings. The van der Waals surface area contributed by atoms with E-state index in [0.29, 0.717) is 21.5 Å². The Labute approximate surface area is 182 Å². The Morgan fingerprint density at radius 3 is 2.22 bits per heavy atom. The quantitative estimate of drug-likeness (QED) is 0.402. The first-order valence-corrected chi connectivity index (χ1v) is 9.97. The molecule has 3 rings (SSSR count). The number of aromatic nitrogens is 1. The summed E-state index contributed by atoms with van der Waals surface area (Å²) in [5.74, 6) is -2.99. The lowest BCUT2D eigenvalue weighted by Crippen LogP contribution is -2.36. The number of ether oxygens (including phenoxy) is 1. The van der Waals surface area contributed by atoms with E-state index in [4.69, 9.17) is 4.74 Å². The highest BCUT2D eigenvalue weighted by Crippen LogP contribution is 2.46. The van der Waals surface area contributed by atoms with Gasteiger partial charge in [-0.15, -0.1) is 0 Å². The maximum absolute atomic E-state index is 14.6. The van der Waals surface area contributed by atoms with Crippen LogP contribution in [-0.2, 0) is 26.2 Å². The van der Waals surface area contributed by atoms with Crippen LogP contribution < -0.4 is 0 Å². The smallest absolute Gasteiger partial charge is 0.417 e. The Balaban J connectivity index is 2.39. The molecule has 2 amide bonds. The van der Waals surface area contributed by atoms with E-state index < -0.39 is 41.7 Å². The van der Waals surface area contributed by atoms with Crippen molar-refractivity contribution in [3.05, 3.63) is 52.2 Å². The molecule has 1 aromatic carbocycles. The Kier molecular flexibility index (Phi) is 6.04. The second-order valence-corrected chi connectivity index (χ2v) is 7.66. The van der Waals surface area contributed by atoms with Crippen LogP contribution in [0.25, 0.3) is 16.5 Å². The van der Waals surface area contributed by atoms with Gasteiger partial charge in [0.25, 0.3) is 11.8 Å². The summed E-state index contributed by atoms with van der Waals surface area (Å²) < 4.78 is 50.1. The largest absolute Gasteiger partial charge is 0.465 e. The van der Waals surface area contributed by atoms with Crippen LogP contribution in [-0.4, -0.2) is 46.6 Å². The molecule has 0 N–H and O–H groups in total. The predicted molar refractivity (Wildman–Crippen MR) is 112 cm³/mol. The number of fused-ring (bicyclic) bond motifs is 1. The van der Waals surface area contributed by atoms with E-state index in [1.807, 2.05) is 0 Å². The van der Waals surface area contributed by atoms with E-state index in [0.717, 1.165) is 0 Å². The maximum Gasteiger partial charge on any atom is 0.417 e. The van der Waals surface area contributed by atoms with E-state index in [9.17, 15) is 27.6 Å². The number of benzene rings is 1. The molecule has 0 unspecified atom stereocenters. The van der Waals surface area contributed by atoms with E-state index in [1.54, 1.807) is 42.8 Å². The minimum Gasteiger partial charge on any atom is -0.465 e. The minimum absolute atomic E-state index is 0.0102. The molecule has 6 nitrogen and oxygen atoms in total. The summed E-state index contributed by atoms with van der Waals surface area (Å²) in [5, 5.41) is 0.310. The minimum atomic E-state index is -4.94. The molecule has 32 heavy (non-hydrogen) atoms. The zero-order chi connectivity index (χ0) is 24.0. The summed E-state index contributed by atoms with van der Waals surface area (Å²) in [6.45, 7) is 5.24. The molecule has 1 saturated heterocycles. The molecule has 2 heterocycles. The van der Waals surface area contributed by atoms with Crippen molar-refractivity contribution >= 4 is 34.3 Å². The number of aryl methyl sites for hydroxylation is 1. The zero-order valence-corrected chi connectivity index (χ0v) is 18.4. The number of halogens is 3. The number of imide groups is 1. The Morgan fingerprint density at radius 1 is 1.06 bits per heavy atom. The molecule has 2 aromatic rings. The first kappa shape index (κ1) is 23.3. The van der Waals surface area contributed by atoms with Gasteiger partial charge in [0, 0.05) is 29.2 Å². The summed E-state index contributed by atoms with van der Waals surface area (Å²) in [6.07, 6.45) is -4.94. The van der Waals surface area contributed by atoms with Gasteiger partial charge in [-0.25, -0.2) is 0 Å². The number of esters is 1. The number of rotatable bonds is 4. The third-order valence-electron chi connectivity index (χ3n) is 5.44. The van der Waals surface area contributed by atoms with Crippen LogP contribution >= 0.6 is 0 Å². The molecule has 0 aliphatic carbocycles. The molecule has 9 heteroatoms. The van der Waals surface area contributed by atoms with Crippen LogP contribution in [0.1, 0.15) is 32.0 Å². The second-order valence-electron chi connectivity index (χ2n) is 7.66. The molecule has 0 spiro atoms. The van der Waals surface area contributed by atoms with E-state index in [2.05, 4.69) is 0 Å². The second kappa shape index (κ2) is 8.29. The van der Waals surface area contributed by atoms with Crippen molar-refractivity contribution in [3.63, 3.8) is 0 Å². The standard InChI is InChI=1S/C23H23F3N2O4/c1-6-32-16(29)11-28-21(30)17(12(2)3)19(22(28)31)20(23(24,25)26)18-13(4)27(5)15-10-8-7-9-14(15)18/h7-10H,6,11H2,1-5H3/b20-19+. The van der Waals surface area contributed by atoms with Crippen LogP contribution in [0, 0.1) is 6.92 Å². The molecule has 1 aliphatic heterocycles. The fourth-order valence-corrected chi connectivity index (χ4v) is 4.00. The van der Waals surface area contributed by atoms with Crippen molar-refractivity contribution in [2.75, 3.05) is 13.2 Å². The first-order valence-electron chi connectivity index (χ1n) is 9.97. The molecular formula is C23H23F3N2O4. The van der Waals surface area contributed by atoms with Gasteiger partial charge in [-0.1, -0.05) is 23.8 Å². The molecule has 0 bridgehead atoms. The number of hydrogen-bond donors (Lipinski definition) is 0. The topological polar surface area (TPSA) is 68.6 Å². The van der Waals surface area contributed by atoms with Crippen molar-refractivity contribution in [1.82, 2.24) is 9.47 Å². The van der Waals surface area contributed by atoms with Gasteiger partial charge in [-0.05, 0) is 33.8 Å². The number of nitrogens with zero attached hydrogens (tertiary/aromatic N) is 2. The molecule has 170 valence electrons. The number of carbonyl (C=O) groups excluding carboxylic acids is 3. The van der Waals surface area contributed by atoms with Crippen molar-refractivity contribution in [1.29, 1.82) is 0 Å². The zero-order valence-electron chi connectivity index (χ0n) is 18.4. The van der Waals surface area contributed by atoms with Gasteiger partial charge in [0.1, 0.15) is 6.54 Å². The van der Waals surface area contributed by atoms with Crippen molar-refractivity contribution in [2.45, 2.75) is 33.9 Å². The summed E-state index contributed by atoms with van der Waals surface area (Å²) in [7, 11) is 1.64. The van der Waals surface area contributed by atoms with E-state index >= 15 is 0 Å². The lowest BCUT2D eigenvalue weighted by Gasteiger charge is -2.16. The van der Waals surface area contributed by atoms with E-state index in [-0.39, 0.29) is 23.3 Å². The summed E-state index contributed by atoms with van der Waals surface area (Å²) in [5.41, 5.74) is -1.35. The Bertz CT molecular complexity index is 1200. The highest BCUT2D eigenvalue weighted by Gasteiger charge is 2.49. The van der Waals surface area contributed by atoms with E-state index in [1.165, 1.54) is 20.8 Å². The number of amides is 2. The normalized spacial score (nSPS) is 16.2. The van der Waals surface area contributed by atoms with Crippen LogP contribution in [0.5, 0.6) is 0 Å². The number of allylic oxidation sites excluding steroid dienone is 2. The lowest BCUT2D eigenvalue weighted by molar-refractivity contribution is -0.151. The third-order valence-corrected chi connectivity index (χ3v) is 5.44. The molecule has 1 aromatic heterocycles. The fourth-order valence-electron chi connectivity index (χ4n) is 4.00. The van der Waals surface area contributed by atoms with Gasteiger partial charge in [-0.3, -0.25) is 19.3 Å². The molecule has 1 aliphatic rings. The number of carbonyl (C=O) groups is 3. The summed E-state index contributed by atoms with van der Waals surface area (Å²) in [6, 6.07) is 6.55. The van der Waals surface area contributed by atoms with Gasteiger partial charge in [0.15, 0.2) is 0 Å².